The van der Waals surface area contributed by atoms with Gasteiger partial charge >= 0.3 is 5.97 Å². The molecule has 27 heavy (non-hydrogen) atoms. The number of piperidine rings is 1. The number of rotatable bonds is 7. The second-order valence-electron chi connectivity index (χ2n) is 6.95. The van der Waals surface area contributed by atoms with Crippen molar-refractivity contribution in [2.24, 2.45) is 11.8 Å². The second kappa shape index (κ2) is 10.6. The normalized spacial score (nSPS) is 19.4. The van der Waals surface area contributed by atoms with Gasteiger partial charge in [0.25, 0.3) is 5.91 Å². The topological polar surface area (TPSA) is 75.7 Å². The minimum atomic E-state index is -0.495. The molecule has 6 nitrogen and oxygen atoms in total. The molecule has 2 rings (SSSR count). The first kappa shape index (κ1) is 21.6. The van der Waals surface area contributed by atoms with E-state index in [2.05, 4.69) is 19.2 Å². The van der Waals surface area contributed by atoms with Crippen LogP contribution in [-0.4, -0.2) is 53.9 Å². The van der Waals surface area contributed by atoms with Gasteiger partial charge in [-0.3, -0.25) is 14.4 Å². The molecule has 0 radical (unpaired) electrons. The number of carbonyl (C=O) groups is 3. The number of nitrogens with zero attached hydrogens (tertiary/aromatic N) is 1. The number of esters is 1. The molecular formula is C19H25ClN2O4S. The highest BCUT2D eigenvalue weighted by Crippen LogP contribution is 2.21. The van der Waals surface area contributed by atoms with Crippen LogP contribution in [0.4, 0.5) is 5.69 Å². The molecule has 1 aromatic rings. The van der Waals surface area contributed by atoms with Gasteiger partial charge in [-0.15, -0.1) is 11.8 Å². The lowest BCUT2D eigenvalue weighted by atomic mass is 9.92. The summed E-state index contributed by atoms with van der Waals surface area (Å²) in [6.07, 6.45) is 1.11. The smallest absolute Gasteiger partial charge is 0.316 e. The van der Waals surface area contributed by atoms with E-state index in [1.165, 1.54) is 0 Å². The highest BCUT2D eigenvalue weighted by molar-refractivity contribution is 8.00. The minimum Gasteiger partial charge on any atom is -0.455 e. The van der Waals surface area contributed by atoms with Gasteiger partial charge in [-0.1, -0.05) is 25.4 Å². The zero-order valence-corrected chi connectivity index (χ0v) is 17.1. The van der Waals surface area contributed by atoms with Gasteiger partial charge in [0.15, 0.2) is 6.61 Å². The Morgan fingerprint density at radius 1 is 1.15 bits per heavy atom. The summed E-state index contributed by atoms with van der Waals surface area (Å²) in [5.41, 5.74) is 0.642. The molecule has 1 fully saturated rings. The first-order chi connectivity index (χ1) is 12.8. The van der Waals surface area contributed by atoms with E-state index in [4.69, 9.17) is 16.3 Å². The Hall–Kier alpha value is -1.73. The van der Waals surface area contributed by atoms with Crippen LogP contribution >= 0.6 is 23.4 Å². The molecule has 0 spiro atoms. The van der Waals surface area contributed by atoms with Crippen LogP contribution in [0.5, 0.6) is 0 Å². The lowest BCUT2D eigenvalue weighted by molar-refractivity contribution is -0.151. The highest BCUT2D eigenvalue weighted by Gasteiger charge is 2.25. The summed E-state index contributed by atoms with van der Waals surface area (Å²) in [6.45, 7) is 5.41. The lowest BCUT2D eigenvalue weighted by Gasteiger charge is -2.34. The quantitative estimate of drug-likeness (QED) is 0.696. The molecule has 1 heterocycles. The second-order valence-corrected chi connectivity index (χ2v) is 8.38. The maximum absolute atomic E-state index is 12.2. The standard InChI is InChI=1S/C19H25ClN2O4S/c1-13-7-14(2)9-22(8-13)18(24)10-26-19(25)12-27-11-17(23)21-16-5-3-15(20)4-6-16/h3-6,13-14H,7-12H2,1-2H3,(H,21,23)/t13-,14+. The van der Waals surface area contributed by atoms with E-state index in [0.29, 0.717) is 35.6 Å². The van der Waals surface area contributed by atoms with E-state index >= 15 is 0 Å². The fourth-order valence-electron chi connectivity index (χ4n) is 3.10. The Balaban J connectivity index is 1.62. The van der Waals surface area contributed by atoms with Crippen LogP contribution < -0.4 is 5.32 Å². The van der Waals surface area contributed by atoms with E-state index < -0.39 is 5.97 Å². The molecule has 0 unspecified atom stereocenters. The molecule has 1 aromatic carbocycles. The van der Waals surface area contributed by atoms with Crippen molar-refractivity contribution in [1.82, 2.24) is 4.90 Å². The van der Waals surface area contributed by atoms with Crippen LogP contribution in [0.2, 0.25) is 5.02 Å². The first-order valence-electron chi connectivity index (χ1n) is 8.90. The predicted octanol–water partition coefficient (Wildman–Crippen LogP) is 3.06. The molecule has 0 bridgehead atoms. The van der Waals surface area contributed by atoms with Gasteiger partial charge in [-0.05, 0) is 42.5 Å². The van der Waals surface area contributed by atoms with Crippen molar-refractivity contribution < 1.29 is 19.1 Å². The average molecular weight is 413 g/mol. The van der Waals surface area contributed by atoms with Crippen LogP contribution in [0, 0.1) is 11.8 Å². The summed E-state index contributed by atoms with van der Waals surface area (Å²) in [4.78, 5) is 37.5. The summed E-state index contributed by atoms with van der Waals surface area (Å²) < 4.78 is 5.04. The fourth-order valence-corrected chi connectivity index (χ4v) is 3.83. The maximum atomic E-state index is 12.2. The van der Waals surface area contributed by atoms with Gasteiger partial charge in [-0.25, -0.2) is 0 Å². The van der Waals surface area contributed by atoms with Crippen LogP contribution in [0.25, 0.3) is 0 Å². The number of benzene rings is 1. The van der Waals surface area contributed by atoms with Crippen molar-refractivity contribution in [3.63, 3.8) is 0 Å². The summed E-state index contributed by atoms with van der Waals surface area (Å²) in [6, 6.07) is 6.77. The molecule has 148 valence electrons. The van der Waals surface area contributed by atoms with E-state index in [0.717, 1.165) is 18.2 Å². The van der Waals surface area contributed by atoms with Crippen molar-refractivity contribution in [2.75, 3.05) is 36.5 Å². The van der Waals surface area contributed by atoms with Gasteiger partial charge in [0.2, 0.25) is 5.91 Å². The number of hydrogen-bond acceptors (Lipinski definition) is 5. The Bertz CT molecular complexity index is 658. The van der Waals surface area contributed by atoms with Crippen molar-refractivity contribution in [3.8, 4) is 0 Å². The van der Waals surface area contributed by atoms with Crippen molar-refractivity contribution in [1.29, 1.82) is 0 Å². The molecule has 0 aliphatic carbocycles. The molecular weight excluding hydrogens is 388 g/mol. The molecule has 2 atom stereocenters. The number of nitrogens with one attached hydrogen (secondary N) is 1. The monoisotopic (exact) mass is 412 g/mol. The summed E-state index contributed by atoms with van der Waals surface area (Å²) in [7, 11) is 0. The number of likely N-dealkylation sites (tertiary alicyclic amines) is 1. The third-order valence-electron chi connectivity index (χ3n) is 4.16. The third kappa shape index (κ3) is 7.81. The molecule has 8 heteroatoms. The van der Waals surface area contributed by atoms with Crippen LogP contribution in [0.1, 0.15) is 20.3 Å². The Labute approximate surface area is 169 Å². The van der Waals surface area contributed by atoms with E-state index in [-0.39, 0.29) is 29.9 Å². The van der Waals surface area contributed by atoms with Crippen molar-refractivity contribution in [2.45, 2.75) is 20.3 Å². The molecule has 1 aliphatic heterocycles. The van der Waals surface area contributed by atoms with Gasteiger partial charge in [0.05, 0.1) is 11.5 Å². The highest BCUT2D eigenvalue weighted by atomic mass is 35.5. The van der Waals surface area contributed by atoms with Gasteiger partial charge in [0.1, 0.15) is 0 Å². The van der Waals surface area contributed by atoms with E-state index in [9.17, 15) is 14.4 Å². The lowest BCUT2D eigenvalue weighted by Crippen LogP contribution is -2.44. The Kier molecular flexibility index (Phi) is 8.44. The first-order valence-corrected chi connectivity index (χ1v) is 10.4. The fraction of sp³-hybridized carbons (Fsp3) is 0.526. The average Bonchev–Trinajstić information content (AvgIpc) is 2.61. The SMILES string of the molecule is C[C@@H]1C[C@H](C)CN(C(=O)COC(=O)CSCC(=O)Nc2ccc(Cl)cc2)C1. The number of carbonyl (C=O) groups excluding carboxylic acids is 3. The van der Waals surface area contributed by atoms with E-state index in [1.54, 1.807) is 29.2 Å². The largest absolute Gasteiger partial charge is 0.455 e. The molecule has 1 saturated heterocycles. The summed E-state index contributed by atoms with van der Waals surface area (Å²) >= 11 is 6.93. The number of halogens is 1. The Morgan fingerprint density at radius 2 is 1.78 bits per heavy atom. The van der Waals surface area contributed by atoms with Crippen molar-refractivity contribution in [3.05, 3.63) is 29.3 Å². The molecule has 1 aliphatic rings. The van der Waals surface area contributed by atoms with Crippen LogP contribution in [0.3, 0.4) is 0 Å². The number of ether oxygens (including phenoxy) is 1. The molecule has 1 N–H and O–H groups in total. The van der Waals surface area contributed by atoms with E-state index in [1.807, 2.05) is 0 Å². The van der Waals surface area contributed by atoms with Crippen LogP contribution in [-0.2, 0) is 19.1 Å². The number of anilines is 1. The molecule has 0 saturated carbocycles. The third-order valence-corrected chi connectivity index (χ3v) is 5.32. The molecule has 2 amide bonds. The zero-order chi connectivity index (χ0) is 19.8. The van der Waals surface area contributed by atoms with Gasteiger partial charge < -0.3 is 15.0 Å². The van der Waals surface area contributed by atoms with Crippen molar-refractivity contribution >= 4 is 46.8 Å². The summed E-state index contributed by atoms with van der Waals surface area (Å²) in [5, 5.41) is 3.30. The number of hydrogen-bond donors (Lipinski definition) is 1. The number of amides is 2. The maximum Gasteiger partial charge on any atom is 0.316 e. The minimum absolute atomic E-state index is 0.0219. The van der Waals surface area contributed by atoms with Gasteiger partial charge in [-0.2, -0.15) is 0 Å². The summed E-state index contributed by atoms with van der Waals surface area (Å²) in [5.74, 6) is 0.188. The van der Waals surface area contributed by atoms with Crippen LogP contribution in [0.15, 0.2) is 24.3 Å². The zero-order valence-electron chi connectivity index (χ0n) is 15.6. The number of thioether (sulfide) groups is 1. The predicted molar refractivity (Wildman–Crippen MR) is 108 cm³/mol. The van der Waals surface area contributed by atoms with Gasteiger partial charge in [0, 0.05) is 23.8 Å². The Morgan fingerprint density at radius 3 is 2.41 bits per heavy atom. The molecule has 0 aromatic heterocycles.